The number of nitrogens with one attached hydrogen (secondary N) is 1. The molecule has 6 nitrogen and oxygen atoms in total. The first-order valence-electron chi connectivity index (χ1n) is 8.28. The van der Waals surface area contributed by atoms with Gasteiger partial charge in [-0.2, -0.15) is 0 Å². The Morgan fingerprint density at radius 2 is 2.14 bits per heavy atom. The van der Waals surface area contributed by atoms with Crippen molar-refractivity contribution < 1.29 is 14.6 Å². The van der Waals surface area contributed by atoms with E-state index in [0.717, 1.165) is 26.4 Å². The number of carboxylic acid groups (broad SMARTS) is 1. The number of carbonyl (C=O) groups is 1. The lowest BCUT2D eigenvalue weighted by Crippen LogP contribution is -1.99. The fourth-order valence-corrected chi connectivity index (χ4v) is 4.38. The molecular weight excluding hydrogens is 394 g/mol. The van der Waals surface area contributed by atoms with Gasteiger partial charge in [-0.3, -0.25) is 4.98 Å². The maximum Gasteiger partial charge on any atom is 0.335 e. The Hall–Kier alpha value is -3.10. The zero-order valence-electron chi connectivity index (χ0n) is 14.7. The van der Waals surface area contributed by atoms with E-state index in [9.17, 15) is 4.79 Å². The molecule has 4 aromatic rings. The molecule has 0 unspecified atom stereocenters. The van der Waals surface area contributed by atoms with Crippen molar-refractivity contribution in [3.63, 3.8) is 0 Å². The fourth-order valence-electron chi connectivity index (χ4n) is 2.75. The summed E-state index contributed by atoms with van der Waals surface area (Å²) in [6.45, 7) is 0. The minimum Gasteiger partial charge on any atom is -0.495 e. The van der Waals surface area contributed by atoms with E-state index in [0.29, 0.717) is 11.4 Å². The molecular formula is C20H15N3O3S2. The number of pyridine rings is 1. The molecule has 0 bridgehead atoms. The van der Waals surface area contributed by atoms with Crippen molar-refractivity contribution in [2.24, 2.45) is 0 Å². The Kier molecular flexibility index (Phi) is 5.14. The Balaban J connectivity index is 1.55. The second kappa shape index (κ2) is 7.87. The average Bonchev–Trinajstić information content (AvgIpc) is 3.20. The number of hydrogen-bond donors (Lipinski definition) is 2. The number of ether oxygens (including phenoxy) is 1. The normalized spacial score (nSPS) is 10.8. The zero-order valence-corrected chi connectivity index (χ0v) is 16.4. The van der Waals surface area contributed by atoms with E-state index in [1.165, 1.54) is 31.2 Å². The first-order chi connectivity index (χ1) is 13.7. The highest BCUT2D eigenvalue weighted by Crippen LogP contribution is 2.34. The molecule has 4 rings (SSSR count). The molecule has 0 aliphatic carbocycles. The zero-order chi connectivity index (χ0) is 19.5. The number of rotatable bonds is 6. The summed E-state index contributed by atoms with van der Waals surface area (Å²) in [5, 5.41) is 15.0. The van der Waals surface area contributed by atoms with Gasteiger partial charge in [0, 0.05) is 40.7 Å². The molecule has 0 fully saturated rings. The minimum absolute atomic E-state index is 0.174. The largest absolute Gasteiger partial charge is 0.495 e. The van der Waals surface area contributed by atoms with Gasteiger partial charge in [-0.15, -0.1) is 11.3 Å². The van der Waals surface area contributed by atoms with Crippen LogP contribution in [-0.4, -0.2) is 28.2 Å². The second-order valence-electron chi connectivity index (χ2n) is 5.82. The summed E-state index contributed by atoms with van der Waals surface area (Å²) in [7, 11) is 1.51. The minimum atomic E-state index is -0.994. The van der Waals surface area contributed by atoms with Crippen LogP contribution in [0, 0.1) is 0 Å². The Labute approximate surface area is 169 Å². The van der Waals surface area contributed by atoms with Crippen LogP contribution < -0.4 is 9.46 Å². The number of nitrogens with zero attached hydrogens (tertiary/aromatic N) is 2. The van der Waals surface area contributed by atoms with E-state index in [4.69, 9.17) is 14.8 Å². The highest BCUT2D eigenvalue weighted by molar-refractivity contribution is 8.00. The molecule has 0 radical (unpaired) electrons. The van der Waals surface area contributed by atoms with Crippen LogP contribution in [0.25, 0.3) is 21.3 Å². The standard InChI is InChI=1S/C20H15N3O3S2/c1-26-17-9-13(20(24)25)5-6-16(17)23-28-18-11-27-19(22-18)14-4-2-3-12-7-8-21-10-15(12)14/h2-11,23H,1H3,(H,24,25). The smallest absolute Gasteiger partial charge is 0.335 e. The Morgan fingerprint density at radius 3 is 2.96 bits per heavy atom. The van der Waals surface area contributed by atoms with Crippen LogP contribution in [0.5, 0.6) is 5.75 Å². The van der Waals surface area contributed by atoms with E-state index in [-0.39, 0.29) is 5.56 Å². The van der Waals surface area contributed by atoms with Crippen molar-refractivity contribution in [3.05, 3.63) is 65.8 Å². The van der Waals surface area contributed by atoms with Crippen molar-refractivity contribution in [3.8, 4) is 16.3 Å². The summed E-state index contributed by atoms with van der Waals surface area (Å²) in [5.41, 5.74) is 1.90. The van der Waals surface area contributed by atoms with Gasteiger partial charge in [0.25, 0.3) is 0 Å². The number of thiazole rings is 1. The molecule has 2 aromatic heterocycles. The van der Waals surface area contributed by atoms with Gasteiger partial charge in [-0.05, 0) is 29.7 Å². The maximum atomic E-state index is 11.1. The fraction of sp³-hybridized carbons (Fsp3) is 0.0500. The number of methoxy groups -OCH3 is 1. The van der Waals surface area contributed by atoms with Gasteiger partial charge in [-0.25, -0.2) is 9.78 Å². The Morgan fingerprint density at radius 1 is 1.25 bits per heavy atom. The predicted octanol–water partition coefficient (Wildman–Crippen LogP) is 5.18. The number of carboxylic acids is 1. The molecule has 2 aromatic carbocycles. The van der Waals surface area contributed by atoms with Gasteiger partial charge in [0.2, 0.25) is 0 Å². The van der Waals surface area contributed by atoms with Crippen molar-refractivity contribution >= 4 is 45.7 Å². The average molecular weight is 409 g/mol. The van der Waals surface area contributed by atoms with Crippen LogP contribution in [0.1, 0.15) is 10.4 Å². The number of benzene rings is 2. The highest BCUT2D eigenvalue weighted by Gasteiger charge is 2.12. The third-order valence-electron chi connectivity index (χ3n) is 4.11. The lowest BCUT2D eigenvalue weighted by molar-refractivity contribution is 0.0696. The lowest BCUT2D eigenvalue weighted by atomic mass is 10.1. The van der Waals surface area contributed by atoms with E-state index >= 15 is 0 Å². The van der Waals surface area contributed by atoms with E-state index in [1.54, 1.807) is 23.6 Å². The van der Waals surface area contributed by atoms with Crippen LogP contribution in [0.15, 0.2) is 65.3 Å². The highest BCUT2D eigenvalue weighted by atomic mass is 32.2. The van der Waals surface area contributed by atoms with E-state index in [1.807, 2.05) is 29.8 Å². The third-order valence-corrected chi connectivity index (χ3v) is 5.88. The monoisotopic (exact) mass is 409 g/mol. The molecule has 0 aliphatic heterocycles. The molecule has 0 saturated carbocycles. The van der Waals surface area contributed by atoms with Gasteiger partial charge >= 0.3 is 5.97 Å². The van der Waals surface area contributed by atoms with Crippen LogP contribution in [0.4, 0.5) is 5.69 Å². The summed E-state index contributed by atoms with van der Waals surface area (Å²) >= 11 is 2.90. The molecule has 0 spiro atoms. The molecule has 0 atom stereocenters. The molecule has 0 saturated heterocycles. The number of fused-ring (bicyclic) bond motifs is 1. The first-order valence-corrected chi connectivity index (χ1v) is 9.98. The predicted molar refractivity (Wildman–Crippen MR) is 112 cm³/mol. The number of aromatic nitrogens is 2. The molecule has 0 amide bonds. The van der Waals surface area contributed by atoms with Crippen molar-refractivity contribution in [1.29, 1.82) is 0 Å². The van der Waals surface area contributed by atoms with Crippen molar-refractivity contribution in [2.75, 3.05) is 11.8 Å². The quantitative estimate of drug-likeness (QED) is 0.424. The molecule has 2 N–H and O–H groups in total. The second-order valence-corrected chi connectivity index (χ2v) is 7.50. The summed E-state index contributed by atoms with van der Waals surface area (Å²) in [4.78, 5) is 20.0. The topological polar surface area (TPSA) is 84.3 Å². The van der Waals surface area contributed by atoms with Crippen LogP contribution >= 0.6 is 23.3 Å². The molecule has 0 aliphatic rings. The van der Waals surface area contributed by atoms with Gasteiger partial charge in [-0.1, -0.05) is 18.2 Å². The molecule has 140 valence electrons. The first kappa shape index (κ1) is 18.3. The van der Waals surface area contributed by atoms with Gasteiger partial charge in [0.1, 0.15) is 15.8 Å². The van der Waals surface area contributed by atoms with Crippen LogP contribution in [0.3, 0.4) is 0 Å². The van der Waals surface area contributed by atoms with Crippen molar-refractivity contribution in [2.45, 2.75) is 5.03 Å². The van der Waals surface area contributed by atoms with Crippen LogP contribution in [-0.2, 0) is 0 Å². The summed E-state index contributed by atoms with van der Waals surface area (Å²) in [6, 6.07) is 12.8. The molecule has 8 heteroatoms. The summed E-state index contributed by atoms with van der Waals surface area (Å²) in [6.07, 6.45) is 3.63. The molecule has 2 heterocycles. The number of anilines is 1. The summed E-state index contributed by atoms with van der Waals surface area (Å²) < 4.78 is 8.46. The van der Waals surface area contributed by atoms with Crippen molar-refractivity contribution in [1.82, 2.24) is 9.97 Å². The number of hydrogen-bond acceptors (Lipinski definition) is 7. The maximum absolute atomic E-state index is 11.1. The van der Waals surface area contributed by atoms with Gasteiger partial charge in [0.05, 0.1) is 18.4 Å². The van der Waals surface area contributed by atoms with Gasteiger partial charge < -0.3 is 14.6 Å². The number of aromatic carboxylic acids is 1. The molecule has 28 heavy (non-hydrogen) atoms. The van der Waals surface area contributed by atoms with Gasteiger partial charge in [0.15, 0.2) is 0 Å². The SMILES string of the molecule is COc1cc(C(=O)O)ccc1NSc1csc(-c2cccc3ccncc23)n1. The lowest BCUT2D eigenvalue weighted by Gasteiger charge is -2.10. The Bertz CT molecular complexity index is 1160. The van der Waals surface area contributed by atoms with E-state index < -0.39 is 5.97 Å². The third kappa shape index (κ3) is 3.64. The van der Waals surface area contributed by atoms with Crippen LogP contribution in [0.2, 0.25) is 0 Å². The summed E-state index contributed by atoms with van der Waals surface area (Å²) in [5.74, 6) is -0.533. The van der Waals surface area contributed by atoms with E-state index in [2.05, 4.69) is 15.8 Å².